The van der Waals surface area contributed by atoms with Crippen LogP contribution in [0.5, 0.6) is 0 Å². The molecule has 1 aliphatic rings. The van der Waals surface area contributed by atoms with Gasteiger partial charge in [0.1, 0.15) is 0 Å². The Morgan fingerprint density at radius 2 is 1.82 bits per heavy atom. The van der Waals surface area contributed by atoms with E-state index in [0.29, 0.717) is 10.9 Å². The molecule has 0 bridgehead atoms. The van der Waals surface area contributed by atoms with Crippen LogP contribution in [0.4, 0.5) is 0 Å². The van der Waals surface area contributed by atoms with Crippen LogP contribution in [0.3, 0.4) is 0 Å². The maximum atomic E-state index is 3.61. The van der Waals surface area contributed by atoms with Crippen LogP contribution in [0.1, 0.15) is 13.8 Å². The van der Waals surface area contributed by atoms with Crippen LogP contribution in [-0.2, 0) is 0 Å². The van der Waals surface area contributed by atoms with E-state index in [-0.39, 0.29) is 0 Å². The van der Waals surface area contributed by atoms with E-state index in [1.165, 1.54) is 13.1 Å². The lowest BCUT2D eigenvalue weighted by Crippen LogP contribution is -2.49. The fraction of sp³-hybridized carbons (Fsp3) is 1.00. The van der Waals surface area contributed by atoms with E-state index in [0.717, 1.165) is 13.1 Å². The summed E-state index contributed by atoms with van der Waals surface area (Å²) in [6, 6.07) is 0.664. The van der Waals surface area contributed by atoms with Crippen LogP contribution in [0.25, 0.3) is 0 Å². The van der Waals surface area contributed by atoms with E-state index >= 15 is 0 Å². The van der Waals surface area contributed by atoms with Crippen molar-refractivity contribution in [2.45, 2.75) is 24.7 Å². The molecule has 0 aromatic heterocycles. The van der Waals surface area contributed by atoms with Gasteiger partial charge in [-0.2, -0.15) is 0 Å². The van der Waals surface area contributed by atoms with E-state index in [9.17, 15) is 0 Å². The highest BCUT2D eigenvalue weighted by atomic mass is 79.9. The zero-order valence-electron chi connectivity index (χ0n) is 7.31. The Balaban J connectivity index is 2.32. The third-order valence-electron chi connectivity index (χ3n) is 2.39. The minimum atomic E-state index is 0.598. The Labute approximate surface area is 77.5 Å². The molecule has 1 unspecified atom stereocenters. The van der Waals surface area contributed by atoms with Gasteiger partial charge in [-0.1, -0.05) is 22.9 Å². The third-order valence-corrected chi connectivity index (χ3v) is 3.16. The molecule has 1 aliphatic heterocycles. The third kappa shape index (κ3) is 2.73. The second-order valence-electron chi connectivity index (χ2n) is 3.20. The SMILES string of the molecule is CC([C@H](C)Br)N1CCNCC1. The van der Waals surface area contributed by atoms with E-state index in [4.69, 9.17) is 0 Å². The summed E-state index contributed by atoms with van der Waals surface area (Å²) in [4.78, 5) is 3.12. The number of nitrogens with zero attached hydrogens (tertiary/aromatic N) is 1. The number of piperazine rings is 1. The minimum Gasteiger partial charge on any atom is -0.314 e. The van der Waals surface area contributed by atoms with Crippen molar-refractivity contribution in [3.63, 3.8) is 0 Å². The Morgan fingerprint density at radius 1 is 1.27 bits per heavy atom. The summed E-state index contributed by atoms with van der Waals surface area (Å²) in [6.45, 7) is 9.17. The number of alkyl halides is 1. The Hall–Kier alpha value is 0.400. The van der Waals surface area contributed by atoms with Crippen LogP contribution in [0.2, 0.25) is 0 Å². The van der Waals surface area contributed by atoms with Gasteiger partial charge in [-0.05, 0) is 6.92 Å². The topological polar surface area (TPSA) is 15.3 Å². The maximum absolute atomic E-state index is 3.61. The van der Waals surface area contributed by atoms with Gasteiger partial charge in [0.2, 0.25) is 0 Å². The number of hydrogen-bond donors (Lipinski definition) is 1. The van der Waals surface area contributed by atoms with Gasteiger partial charge in [0.05, 0.1) is 0 Å². The highest BCUT2D eigenvalue weighted by Gasteiger charge is 2.19. The fourth-order valence-electron chi connectivity index (χ4n) is 1.38. The van der Waals surface area contributed by atoms with Crippen LogP contribution in [0, 0.1) is 0 Å². The van der Waals surface area contributed by atoms with Crippen molar-refractivity contribution in [3.05, 3.63) is 0 Å². The summed E-state index contributed by atoms with van der Waals surface area (Å²) in [7, 11) is 0. The summed E-state index contributed by atoms with van der Waals surface area (Å²) >= 11 is 3.61. The molecule has 0 aliphatic carbocycles. The van der Waals surface area contributed by atoms with E-state index in [1.807, 2.05) is 0 Å². The normalized spacial score (nSPS) is 26.5. The standard InChI is InChI=1S/C8H17BrN2/c1-7(9)8(2)11-5-3-10-4-6-11/h7-8,10H,3-6H2,1-2H3/t7-,8?/m0/s1. The lowest BCUT2D eigenvalue weighted by molar-refractivity contribution is 0.185. The molecule has 0 saturated carbocycles. The van der Waals surface area contributed by atoms with Crippen molar-refractivity contribution in [1.82, 2.24) is 10.2 Å². The summed E-state index contributed by atoms with van der Waals surface area (Å²) in [6.07, 6.45) is 0. The molecule has 1 rings (SSSR count). The van der Waals surface area contributed by atoms with Crippen molar-refractivity contribution >= 4 is 15.9 Å². The molecule has 1 fully saturated rings. The van der Waals surface area contributed by atoms with Gasteiger partial charge in [-0.3, -0.25) is 4.90 Å². The van der Waals surface area contributed by atoms with Crippen molar-refractivity contribution in [1.29, 1.82) is 0 Å². The zero-order valence-corrected chi connectivity index (χ0v) is 8.89. The lowest BCUT2D eigenvalue weighted by Gasteiger charge is -2.34. The molecule has 3 heteroatoms. The van der Waals surface area contributed by atoms with Crippen molar-refractivity contribution < 1.29 is 0 Å². The predicted molar refractivity (Wildman–Crippen MR) is 52.3 cm³/mol. The van der Waals surface area contributed by atoms with Gasteiger partial charge in [0.25, 0.3) is 0 Å². The summed E-state index contributed by atoms with van der Waals surface area (Å²) in [5, 5.41) is 3.35. The first-order chi connectivity index (χ1) is 5.22. The quantitative estimate of drug-likeness (QED) is 0.701. The first-order valence-electron chi connectivity index (χ1n) is 4.30. The van der Waals surface area contributed by atoms with E-state index in [2.05, 4.69) is 40.0 Å². The van der Waals surface area contributed by atoms with Gasteiger partial charge >= 0.3 is 0 Å². The average molecular weight is 221 g/mol. The van der Waals surface area contributed by atoms with Gasteiger partial charge in [-0.15, -0.1) is 0 Å². The molecule has 2 nitrogen and oxygen atoms in total. The number of rotatable bonds is 2. The molecular formula is C8H17BrN2. The van der Waals surface area contributed by atoms with Crippen molar-refractivity contribution in [2.24, 2.45) is 0 Å². The van der Waals surface area contributed by atoms with Crippen LogP contribution >= 0.6 is 15.9 Å². The first kappa shape index (κ1) is 9.49. The molecule has 1 saturated heterocycles. The second kappa shape index (κ2) is 4.43. The van der Waals surface area contributed by atoms with Crippen molar-refractivity contribution in [2.75, 3.05) is 26.2 Å². The number of hydrogen-bond acceptors (Lipinski definition) is 2. The highest BCUT2D eigenvalue weighted by molar-refractivity contribution is 9.09. The molecule has 0 spiro atoms. The van der Waals surface area contributed by atoms with Gasteiger partial charge < -0.3 is 5.32 Å². The average Bonchev–Trinajstić information content (AvgIpc) is 2.05. The zero-order chi connectivity index (χ0) is 8.27. The first-order valence-corrected chi connectivity index (χ1v) is 5.22. The molecule has 11 heavy (non-hydrogen) atoms. The van der Waals surface area contributed by atoms with Crippen LogP contribution < -0.4 is 5.32 Å². The highest BCUT2D eigenvalue weighted by Crippen LogP contribution is 2.11. The molecule has 0 aromatic rings. The summed E-state index contributed by atoms with van der Waals surface area (Å²) in [5.74, 6) is 0. The van der Waals surface area contributed by atoms with Crippen molar-refractivity contribution in [3.8, 4) is 0 Å². The van der Waals surface area contributed by atoms with E-state index in [1.54, 1.807) is 0 Å². The molecule has 2 atom stereocenters. The van der Waals surface area contributed by atoms with Gasteiger partial charge in [0.15, 0.2) is 0 Å². The number of halogens is 1. The largest absolute Gasteiger partial charge is 0.314 e. The molecular weight excluding hydrogens is 204 g/mol. The Bertz CT molecular complexity index is 111. The molecule has 0 amide bonds. The molecule has 0 radical (unpaired) electrons. The van der Waals surface area contributed by atoms with Crippen LogP contribution in [-0.4, -0.2) is 41.9 Å². The monoisotopic (exact) mass is 220 g/mol. The van der Waals surface area contributed by atoms with Gasteiger partial charge in [-0.25, -0.2) is 0 Å². The maximum Gasteiger partial charge on any atom is 0.0270 e. The Kier molecular flexibility index (Phi) is 3.82. The fourth-order valence-corrected chi connectivity index (χ4v) is 1.71. The molecule has 66 valence electrons. The van der Waals surface area contributed by atoms with Gasteiger partial charge in [0, 0.05) is 37.0 Å². The smallest absolute Gasteiger partial charge is 0.0270 e. The number of nitrogens with one attached hydrogen (secondary N) is 1. The molecule has 1 N–H and O–H groups in total. The van der Waals surface area contributed by atoms with Crippen LogP contribution in [0.15, 0.2) is 0 Å². The van der Waals surface area contributed by atoms with E-state index < -0.39 is 0 Å². The summed E-state index contributed by atoms with van der Waals surface area (Å²) < 4.78 is 0. The Morgan fingerprint density at radius 3 is 2.27 bits per heavy atom. The molecule has 1 heterocycles. The second-order valence-corrected chi connectivity index (χ2v) is 4.65. The summed E-state index contributed by atoms with van der Waals surface area (Å²) in [5.41, 5.74) is 0. The minimum absolute atomic E-state index is 0.598. The lowest BCUT2D eigenvalue weighted by atomic mass is 10.2. The predicted octanol–water partition coefficient (Wildman–Crippen LogP) is 1.06. The molecule has 0 aromatic carbocycles.